The van der Waals surface area contributed by atoms with Crippen molar-refractivity contribution in [1.29, 1.82) is 0 Å². The van der Waals surface area contributed by atoms with E-state index in [2.05, 4.69) is 5.10 Å². The van der Waals surface area contributed by atoms with Gasteiger partial charge in [0.15, 0.2) is 0 Å². The Kier molecular flexibility index (Phi) is 6.26. The number of nitrogens with zero attached hydrogens (tertiary/aromatic N) is 2. The second kappa shape index (κ2) is 8.41. The zero-order chi connectivity index (χ0) is 22.2. The van der Waals surface area contributed by atoms with E-state index < -0.39 is 23.6 Å². The largest absolute Gasteiger partial charge is 0.416 e. The topological polar surface area (TPSA) is 86.9 Å². The smallest absolute Gasteiger partial charge is 0.365 e. The van der Waals surface area contributed by atoms with Crippen molar-refractivity contribution in [1.82, 2.24) is 9.78 Å². The third-order valence-corrected chi connectivity index (χ3v) is 6.61. The molecule has 160 valence electrons. The fraction of sp³-hybridized carbons (Fsp3) is 0.300. The third-order valence-electron chi connectivity index (χ3n) is 5.01. The number of carbonyl (C=O) groups is 1. The maximum absolute atomic E-state index is 13.4. The number of thiophene rings is 1. The molecule has 0 spiro atoms. The van der Waals surface area contributed by atoms with Crippen LogP contribution in [0.4, 0.5) is 13.2 Å². The van der Waals surface area contributed by atoms with Crippen molar-refractivity contribution < 1.29 is 18.0 Å². The van der Waals surface area contributed by atoms with E-state index in [9.17, 15) is 18.0 Å². The highest BCUT2D eigenvalue weighted by Crippen LogP contribution is 2.43. The lowest BCUT2D eigenvalue weighted by molar-refractivity contribution is -0.138. The summed E-state index contributed by atoms with van der Waals surface area (Å²) in [4.78, 5) is 13.1. The van der Waals surface area contributed by atoms with Crippen molar-refractivity contribution in [3.05, 3.63) is 62.6 Å². The van der Waals surface area contributed by atoms with Gasteiger partial charge in [0.1, 0.15) is 0 Å². The Morgan fingerprint density at radius 2 is 2.00 bits per heavy atom. The first kappa shape index (κ1) is 22.3. The van der Waals surface area contributed by atoms with Gasteiger partial charge in [-0.2, -0.15) is 18.3 Å². The molecule has 0 radical (unpaired) electrons. The average Bonchev–Trinajstić information content (AvgIpc) is 3.18. The first-order valence-corrected chi connectivity index (χ1v) is 10.2. The van der Waals surface area contributed by atoms with Gasteiger partial charge in [0.25, 0.3) is 5.91 Å². The van der Waals surface area contributed by atoms with E-state index in [1.165, 1.54) is 18.3 Å². The third kappa shape index (κ3) is 4.10. The molecule has 0 aliphatic heterocycles. The van der Waals surface area contributed by atoms with Crippen molar-refractivity contribution in [2.24, 2.45) is 18.5 Å². The lowest BCUT2D eigenvalue weighted by atomic mass is 9.87. The summed E-state index contributed by atoms with van der Waals surface area (Å²) in [5.74, 6) is -1.20. The number of nitrogens with two attached hydrogens (primary N) is 2. The quantitative estimate of drug-likeness (QED) is 0.572. The van der Waals surface area contributed by atoms with E-state index in [0.29, 0.717) is 26.7 Å². The van der Waals surface area contributed by atoms with Crippen molar-refractivity contribution in [2.75, 3.05) is 6.54 Å². The van der Waals surface area contributed by atoms with Crippen LogP contribution in [0.3, 0.4) is 0 Å². The van der Waals surface area contributed by atoms with Crippen molar-refractivity contribution in [3.63, 3.8) is 0 Å². The number of hydrogen-bond acceptors (Lipinski definition) is 4. The van der Waals surface area contributed by atoms with Crippen LogP contribution in [0.15, 0.2) is 30.5 Å². The maximum atomic E-state index is 13.4. The first-order chi connectivity index (χ1) is 14.1. The molecule has 3 aromatic rings. The lowest BCUT2D eigenvalue weighted by Crippen LogP contribution is -2.21. The number of primary amides is 1. The molecule has 1 aromatic carbocycles. The SMILES string of the molecule is Cc1c(-c2c(Cl)cnn2C)sc(C(N)=O)c1[C@@H](CN)Cc1ccccc1C(F)(F)F. The van der Waals surface area contributed by atoms with Gasteiger partial charge in [-0.15, -0.1) is 11.3 Å². The molecule has 0 saturated carbocycles. The van der Waals surface area contributed by atoms with E-state index in [1.807, 2.05) is 0 Å². The van der Waals surface area contributed by atoms with Gasteiger partial charge < -0.3 is 11.5 Å². The molecule has 10 heteroatoms. The second-order valence-corrected chi connectivity index (χ2v) is 8.35. The van der Waals surface area contributed by atoms with Gasteiger partial charge in [-0.3, -0.25) is 9.48 Å². The fourth-order valence-electron chi connectivity index (χ4n) is 3.64. The number of alkyl halides is 3. The number of rotatable bonds is 6. The second-order valence-electron chi connectivity index (χ2n) is 6.92. The Hall–Kier alpha value is -2.36. The Labute approximate surface area is 180 Å². The van der Waals surface area contributed by atoms with E-state index >= 15 is 0 Å². The molecular formula is C20H20ClF3N4OS. The van der Waals surface area contributed by atoms with E-state index in [-0.39, 0.29) is 23.4 Å². The Balaban J connectivity index is 2.13. The molecule has 0 bridgehead atoms. The minimum Gasteiger partial charge on any atom is -0.365 e. The Bertz CT molecular complexity index is 1070. The van der Waals surface area contributed by atoms with Crippen molar-refractivity contribution in [3.8, 4) is 10.6 Å². The van der Waals surface area contributed by atoms with Gasteiger partial charge >= 0.3 is 6.18 Å². The molecule has 4 N–H and O–H groups in total. The summed E-state index contributed by atoms with van der Waals surface area (Å²) in [5, 5.41) is 4.51. The molecule has 0 aliphatic rings. The molecule has 0 saturated heterocycles. The average molecular weight is 457 g/mol. The van der Waals surface area contributed by atoms with Crippen LogP contribution in [-0.4, -0.2) is 22.2 Å². The van der Waals surface area contributed by atoms with Crippen LogP contribution in [0.5, 0.6) is 0 Å². The zero-order valence-electron chi connectivity index (χ0n) is 16.3. The van der Waals surface area contributed by atoms with Crippen molar-refractivity contribution in [2.45, 2.75) is 25.4 Å². The molecule has 2 heterocycles. The molecular weight excluding hydrogens is 437 g/mol. The zero-order valence-corrected chi connectivity index (χ0v) is 17.8. The van der Waals surface area contributed by atoms with Gasteiger partial charge in [-0.1, -0.05) is 29.8 Å². The minimum atomic E-state index is -4.49. The molecule has 0 unspecified atom stereocenters. The summed E-state index contributed by atoms with van der Waals surface area (Å²) in [5.41, 5.74) is 12.8. The van der Waals surface area contributed by atoms with Crippen LogP contribution in [0.1, 0.15) is 37.8 Å². The summed E-state index contributed by atoms with van der Waals surface area (Å²) < 4.78 is 41.9. The fourth-order valence-corrected chi connectivity index (χ4v) is 5.29. The predicted molar refractivity (Wildman–Crippen MR) is 112 cm³/mol. The van der Waals surface area contributed by atoms with Crippen LogP contribution in [0.2, 0.25) is 5.02 Å². The van der Waals surface area contributed by atoms with Crippen LogP contribution in [0, 0.1) is 6.92 Å². The summed E-state index contributed by atoms with van der Waals surface area (Å²) >= 11 is 7.41. The number of carbonyl (C=O) groups excluding carboxylic acids is 1. The van der Waals surface area contributed by atoms with Gasteiger partial charge in [0, 0.05) is 13.0 Å². The molecule has 2 aromatic heterocycles. The van der Waals surface area contributed by atoms with Gasteiger partial charge in [-0.25, -0.2) is 0 Å². The number of aromatic nitrogens is 2. The van der Waals surface area contributed by atoms with Crippen LogP contribution in [-0.2, 0) is 19.6 Å². The molecule has 3 rings (SSSR count). The van der Waals surface area contributed by atoms with E-state index in [4.69, 9.17) is 23.1 Å². The number of benzene rings is 1. The molecule has 30 heavy (non-hydrogen) atoms. The molecule has 0 aliphatic carbocycles. The normalized spacial score (nSPS) is 12.9. The van der Waals surface area contributed by atoms with Crippen LogP contribution in [0.25, 0.3) is 10.6 Å². The lowest BCUT2D eigenvalue weighted by Gasteiger charge is -2.20. The van der Waals surface area contributed by atoms with Crippen LogP contribution < -0.4 is 11.5 Å². The van der Waals surface area contributed by atoms with Gasteiger partial charge in [0.05, 0.1) is 32.2 Å². The number of amides is 1. The number of aryl methyl sites for hydroxylation is 1. The standard InChI is InChI=1S/C20H20ClF3N4OS/c1-10-15(12(8-25)7-11-5-3-4-6-13(11)20(22,23)24)18(19(26)29)30-17(10)16-14(21)9-27-28(16)2/h3-6,9,12H,7-8,25H2,1-2H3,(H2,26,29)/t12-/m1/s1. The van der Waals surface area contributed by atoms with Gasteiger partial charge in [0.2, 0.25) is 0 Å². The highest BCUT2D eigenvalue weighted by Gasteiger charge is 2.34. The number of hydrogen-bond donors (Lipinski definition) is 2. The molecule has 1 amide bonds. The van der Waals surface area contributed by atoms with E-state index in [0.717, 1.165) is 17.4 Å². The molecule has 1 atom stereocenters. The molecule has 5 nitrogen and oxygen atoms in total. The van der Waals surface area contributed by atoms with Crippen molar-refractivity contribution >= 4 is 28.8 Å². The van der Waals surface area contributed by atoms with Crippen LogP contribution >= 0.6 is 22.9 Å². The monoisotopic (exact) mass is 456 g/mol. The summed E-state index contributed by atoms with van der Waals surface area (Å²) in [6.45, 7) is 1.83. The Morgan fingerprint density at radius 3 is 2.53 bits per heavy atom. The predicted octanol–water partition coefficient (Wildman–Crippen LogP) is 4.51. The highest BCUT2D eigenvalue weighted by molar-refractivity contribution is 7.17. The summed E-state index contributed by atoms with van der Waals surface area (Å²) in [6.07, 6.45) is -2.98. The minimum absolute atomic E-state index is 0.0165. The van der Waals surface area contributed by atoms with E-state index in [1.54, 1.807) is 24.7 Å². The number of halogens is 4. The molecule has 0 fully saturated rings. The summed E-state index contributed by atoms with van der Waals surface area (Å²) in [7, 11) is 1.71. The Morgan fingerprint density at radius 1 is 1.33 bits per heavy atom. The summed E-state index contributed by atoms with van der Waals surface area (Å²) in [6, 6.07) is 5.36. The first-order valence-electron chi connectivity index (χ1n) is 9.02. The highest BCUT2D eigenvalue weighted by atomic mass is 35.5. The van der Waals surface area contributed by atoms with Gasteiger partial charge in [-0.05, 0) is 42.6 Å². The maximum Gasteiger partial charge on any atom is 0.416 e.